The summed E-state index contributed by atoms with van der Waals surface area (Å²) in [6.45, 7) is 5.34. The van der Waals surface area contributed by atoms with Gasteiger partial charge in [-0.25, -0.2) is 0 Å². The molecule has 1 aromatic carbocycles. The number of rotatable bonds is 2. The number of halogens is 1. The first-order valence-corrected chi connectivity index (χ1v) is 7.55. The van der Waals surface area contributed by atoms with Crippen LogP contribution in [-0.2, 0) is 17.6 Å². The largest absolute Gasteiger partial charge is 0.493 e. The molecule has 0 radical (unpaired) electrons. The first kappa shape index (κ1) is 14.2. The van der Waals surface area contributed by atoms with Crippen LogP contribution in [0.25, 0.3) is 0 Å². The van der Waals surface area contributed by atoms with Crippen LogP contribution in [0.4, 0.5) is 0 Å². The highest BCUT2D eigenvalue weighted by molar-refractivity contribution is 6.30. The highest BCUT2D eigenvalue weighted by atomic mass is 35.5. The van der Waals surface area contributed by atoms with E-state index in [0.29, 0.717) is 32.5 Å². The third-order valence-corrected chi connectivity index (χ3v) is 4.38. The number of hydrogen-bond donors (Lipinski definition) is 1. The van der Waals surface area contributed by atoms with Gasteiger partial charge in [0.25, 0.3) is 0 Å². The van der Waals surface area contributed by atoms with E-state index >= 15 is 0 Å². The van der Waals surface area contributed by atoms with Gasteiger partial charge in [-0.2, -0.15) is 0 Å². The third-order valence-electron chi connectivity index (χ3n) is 4.16. The monoisotopic (exact) mass is 296 g/mol. The number of aliphatic hydroxyl groups is 1. The van der Waals surface area contributed by atoms with Crippen LogP contribution in [-0.4, -0.2) is 29.5 Å². The van der Waals surface area contributed by atoms with Crippen LogP contribution in [0.5, 0.6) is 5.75 Å². The van der Waals surface area contributed by atoms with Crippen molar-refractivity contribution in [2.24, 2.45) is 0 Å². The zero-order valence-electron chi connectivity index (χ0n) is 12.0. The molecule has 20 heavy (non-hydrogen) atoms. The second-order valence-corrected chi connectivity index (χ2v) is 7.02. The average Bonchev–Trinajstić information content (AvgIpc) is 2.74. The highest BCUT2D eigenvalue weighted by Gasteiger charge is 2.40. The average molecular weight is 297 g/mol. The molecule has 0 aromatic heterocycles. The molecule has 1 fully saturated rings. The molecule has 2 aliphatic heterocycles. The minimum atomic E-state index is -0.744. The van der Waals surface area contributed by atoms with Gasteiger partial charge in [0.05, 0.1) is 24.4 Å². The summed E-state index contributed by atoms with van der Waals surface area (Å²) in [5.74, 6) is 0.923. The van der Waals surface area contributed by atoms with E-state index < -0.39 is 5.60 Å². The Balaban J connectivity index is 1.88. The van der Waals surface area contributed by atoms with E-state index in [-0.39, 0.29) is 5.60 Å². The molecule has 2 aliphatic rings. The summed E-state index contributed by atoms with van der Waals surface area (Å²) >= 11 is 6.19. The van der Waals surface area contributed by atoms with E-state index in [1.54, 1.807) is 0 Å². The molecule has 1 unspecified atom stereocenters. The van der Waals surface area contributed by atoms with Crippen molar-refractivity contribution in [3.8, 4) is 5.75 Å². The van der Waals surface area contributed by atoms with Crippen LogP contribution < -0.4 is 4.74 Å². The van der Waals surface area contributed by atoms with Crippen LogP contribution in [0.2, 0.25) is 5.02 Å². The fourth-order valence-electron chi connectivity index (χ4n) is 3.43. The maximum atomic E-state index is 10.9. The molecule has 1 aromatic rings. The molecule has 0 bridgehead atoms. The normalized spacial score (nSPS) is 28.0. The van der Waals surface area contributed by atoms with E-state index in [1.165, 1.54) is 0 Å². The summed E-state index contributed by atoms with van der Waals surface area (Å²) in [4.78, 5) is 0. The third kappa shape index (κ3) is 2.80. The predicted octanol–water partition coefficient (Wildman–Crippen LogP) is 3.14. The maximum Gasteiger partial charge on any atom is 0.126 e. The van der Waals surface area contributed by atoms with Crippen LogP contribution in [0.3, 0.4) is 0 Å². The van der Waals surface area contributed by atoms with E-state index in [0.717, 1.165) is 28.3 Å². The summed E-state index contributed by atoms with van der Waals surface area (Å²) in [6.07, 6.45) is 2.75. The number of fused-ring (bicyclic) bond motifs is 1. The number of ether oxygens (including phenoxy) is 2. The lowest BCUT2D eigenvalue weighted by molar-refractivity contribution is -0.143. The van der Waals surface area contributed by atoms with Gasteiger partial charge in [-0.3, -0.25) is 0 Å². The lowest BCUT2D eigenvalue weighted by Gasteiger charge is -2.41. The van der Waals surface area contributed by atoms with Gasteiger partial charge in [-0.15, -0.1) is 0 Å². The lowest BCUT2D eigenvalue weighted by atomic mass is 9.80. The molecular weight excluding hydrogens is 276 g/mol. The van der Waals surface area contributed by atoms with Crippen molar-refractivity contribution in [2.75, 3.05) is 13.2 Å². The molecule has 0 saturated carbocycles. The molecule has 3 rings (SSSR count). The van der Waals surface area contributed by atoms with Gasteiger partial charge in [-0.1, -0.05) is 11.6 Å². The molecule has 0 amide bonds. The summed E-state index contributed by atoms with van der Waals surface area (Å²) in [7, 11) is 0. The van der Waals surface area contributed by atoms with Crippen molar-refractivity contribution in [3.05, 3.63) is 28.3 Å². The number of hydrogen-bond acceptors (Lipinski definition) is 3. The fraction of sp³-hybridized carbons (Fsp3) is 0.625. The second-order valence-electron chi connectivity index (χ2n) is 6.59. The standard InChI is InChI=1S/C16H21ClO3/c1-15(2)10-16(18,4-6-20-15)9-12-8-13(17)7-11-3-5-19-14(11)12/h7-8,18H,3-6,9-10H2,1-2H3. The van der Waals surface area contributed by atoms with Gasteiger partial charge >= 0.3 is 0 Å². The quantitative estimate of drug-likeness (QED) is 0.911. The molecule has 2 heterocycles. The van der Waals surface area contributed by atoms with E-state index in [1.807, 2.05) is 26.0 Å². The smallest absolute Gasteiger partial charge is 0.126 e. The minimum Gasteiger partial charge on any atom is -0.493 e. The van der Waals surface area contributed by atoms with Gasteiger partial charge in [-0.05, 0) is 43.5 Å². The van der Waals surface area contributed by atoms with Gasteiger partial charge < -0.3 is 14.6 Å². The van der Waals surface area contributed by atoms with Gasteiger partial charge in [0.1, 0.15) is 5.75 Å². The van der Waals surface area contributed by atoms with Crippen molar-refractivity contribution < 1.29 is 14.6 Å². The van der Waals surface area contributed by atoms with Crippen LogP contribution in [0.1, 0.15) is 37.8 Å². The Morgan fingerprint density at radius 1 is 1.30 bits per heavy atom. The van der Waals surface area contributed by atoms with E-state index in [2.05, 4.69) is 0 Å². The molecule has 1 atom stereocenters. The molecule has 0 spiro atoms. The van der Waals surface area contributed by atoms with Gasteiger partial charge in [0.2, 0.25) is 0 Å². The van der Waals surface area contributed by atoms with Gasteiger partial charge in [0, 0.05) is 24.3 Å². The highest BCUT2D eigenvalue weighted by Crippen LogP contribution is 2.39. The second kappa shape index (κ2) is 4.90. The predicted molar refractivity (Wildman–Crippen MR) is 78.6 cm³/mol. The summed E-state index contributed by atoms with van der Waals surface area (Å²) in [5, 5.41) is 11.6. The molecule has 3 nitrogen and oxygen atoms in total. The van der Waals surface area contributed by atoms with Crippen molar-refractivity contribution in [3.63, 3.8) is 0 Å². The molecule has 1 N–H and O–H groups in total. The first-order valence-electron chi connectivity index (χ1n) is 7.17. The lowest BCUT2D eigenvalue weighted by Crippen LogP contribution is -2.47. The molecule has 1 saturated heterocycles. The minimum absolute atomic E-state index is 0.282. The Bertz CT molecular complexity index is 527. The fourth-order valence-corrected chi connectivity index (χ4v) is 3.70. The zero-order chi connectivity index (χ0) is 14.4. The SMILES string of the molecule is CC1(C)CC(O)(Cc2cc(Cl)cc3c2OCC3)CCO1. The van der Waals surface area contributed by atoms with Crippen LogP contribution >= 0.6 is 11.6 Å². The molecule has 4 heteroatoms. The Hall–Kier alpha value is -0.770. The van der Waals surface area contributed by atoms with Crippen molar-refractivity contribution in [2.45, 2.75) is 50.7 Å². The molecule has 110 valence electrons. The van der Waals surface area contributed by atoms with E-state index in [9.17, 15) is 5.11 Å². The van der Waals surface area contributed by atoms with Gasteiger partial charge in [0.15, 0.2) is 0 Å². The summed E-state index contributed by atoms with van der Waals surface area (Å²) < 4.78 is 11.4. The van der Waals surface area contributed by atoms with Crippen molar-refractivity contribution in [1.82, 2.24) is 0 Å². The summed E-state index contributed by atoms with van der Waals surface area (Å²) in [5.41, 5.74) is 1.15. The van der Waals surface area contributed by atoms with Crippen molar-refractivity contribution in [1.29, 1.82) is 0 Å². The molecule has 0 aliphatic carbocycles. The molecular formula is C16H21ClO3. The Morgan fingerprint density at radius 2 is 2.10 bits per heavy atom. The summed E-state index contributed by atoms with van der Waals surface area (Å²) in [6, 6.07) is 3.89. The first-order chi connectivity index (χ1) is 9.37. The van der Waals surface area contributed by atoms with Crippen LogP contribution in [0.15, 0.2) is 12.1 Å². The Morgan fingerprint density at radius 3 is 2.85 bits per heavy atom. The Labute approximate surface area is 124 Å². The number of benzene rings is 1. The zero-order valence-corrected chi connectivity index (χ0v) is 12.8. The van der Waals surface area contributed by atoms with Crippen molar-refractivity contribution >= 4 is 11.6 Å². The van der Waals surface area contributed by atoms with E-state index in [4.69, 9.17) is 21.1 Å². The maximum absolute atomic E-state index is 10.9. The Kier molecular flexibility index (Phi) is 3.47. The van der Waals surface area contributed by atoms with Crippen LogP contribution in [0, 0.1) is 0 Å². The topological polar surface area (TPSA) is 38.7 Å².